The predicted octanol–water partition coefficient (Wildman–Crippen LogP) is 3.97. The van der Waals surface area contributed by atoms with Gasteiger partial charge >= 0.3 is 6.18 Å². The lowest BCUT2D eigenvalue weighted by Crippen LogP contribution is -2.36. The standard InChI is InChI=1S/C24H24F3N5O2/c1-15-16(3-2-4-19(15)24(25,26)27)11-22-21(14-33)29-23-18(20-5-6-28-30-20)12-17(13-32(22)23)31-7-9-34-10-8-31/h2-6,12-13,33H,7-11,14H2,1H3,(H,28,30). The minimum atomic E-state index is -4.43. The lowest BCUT2D eigenvalue weighted by atomic mass is 9.98. The number of rotatable bonds is 5. The van der Waals surface area contributed by atoms with Crippen LogP contribution in [0.15, 0.2) is 42.7 Å². The van der Waals surface area contributed by atoms with Crippen LogP contribution < -0.4 is 4.90 Å². The number of nitrogens with zero attached hydrogens (tertiary/aromatic N) is 4. The number of aromatic nitrogens is 4. The number of aliphatic hydroxyl groups is 1. The van der Waals surface area contributed by atoms with Crippen LogP contribution in [-0.2, 0) is 23.9 Å². The molecule has 3 aromatic heterocycles. The summed E-state index contributed by atoms with van der Waals surface area (Å²) in [6, 6.07) is 8.05. The molecule has 178 valence electrons. The number of imidazole rings is 1. The predicted molar refractivity (Wildman–Crippen MR) is 121 cm³/mol. The summed E-state index contributed by atoms with van der Waals surface area (Å²) in [6.07, 6.45) is -0.653. The van der Waals surface area contributed by atoms with E-state index in [9.17, 15) is 18.3 Å². The molecule has 0 spiro atoms. The first-order valence-electron chi connectivity index (χ1n) is 11.0. The molecule has 7 nitrogen and oxygen atoms in total. The van der Waals surface area contributed by atoms with Crippen LogP contribution in [0.25, 0.3) is 16.9 Å². The van der Waals surface area contributed by atoms with Crippen molar-refractivity contribution in [1.82, 2.24) is 19.6 Å². The number of aliphatic hydroxyl groups excluding tert-OH is 1. The third-order valence-electron chi connectivity index (χ3n) is 6.31. The Kier molecular flexibility index (Phi) is 5.78. The maximum atomic E-state index is 13.5. The normalized spacial score (nSPS) is 14.8. The minimum absolute atomic E-state index is 0.173. The summed E-state index contributed by atoms with van der Waals surface area (Å²) in [7, 11) is 0. The number of nitrogens with one attached hydrogen (secondary N) is 1. The Labute approximate surface area is 193 Å². The fourth-order valence-corrected chi connectivity index (χ4v) is 4.50. The second kappa shape index (κ2) is 8.77. The van der Waals surface area contributed by atoms with Crippen molar-refractivity contribution >= 4 is 11.3 Å². The molecule has 5 rings (SSSR count). The molecule has 1 saturated heterocycles. The molecule has 1 fully saturated rings. The van der Waals surface area contributed by atoms with Crippen molar-refractivity contribution < 1.29 is 23.0 Å². The molecule has 2 N–H and O–H groups in total. The Morgan fingerprint density at radius 2 is 1.97 bits per heavy atom. The number of halogens is 3. The molecule has 4 heterocycles. The number of benzene rings is 1. The fourth-order valence-electron chi connectivity index (χ4n) is 4.50. The van der Waals surface area contributed by atoms with Gasteiger partial charge in [-0.15, -0.1) is 0 Å². The van der Waals surface area contributed by atoms with Gasteiger partial charge in [-0.2, -0.15) is 18.3 Å². The van der Waals surface area contributed by atoms with Gasteiger partial charge in [-0.1, -0.05) is 12.1 Å². The van der Waals surface area contributed by atoms with E-state index in [1.807, 2.05) is 22.7 Å². The summed E-state index contributed by atoms with van der Waals surface area (Å²) in [6.45, 7) is 3.81. The monoisotopic (exact) mass is 471 g/mol. The summed E-state index contributed by atoms with van der Waals surface area (Å²) in [5.74, 6) is 0. The van der Waals surface area contributed by atoms with Gasteiger partial charge in [0.15, 0.2) is 0 Å². The second-order valence-electron chi connectivity index (χ2n) is 8.30. The molecule has 0 saturated carbocycles. The highest BCUT2D eigenvalue weighted by Crippen LogP contribution is 2.35. The van der Waals surface area contributed by atoms with Crippen molar-refractivity contribution in [3.05, 3.63) is 70.8 Å². The molecular weight excluding hydrogens is 447 g/mol. The molecule has 34 heavy (non-hydrogen) atoms. The van der Waals surface area contributed by atoms with Crippen molar-refractivity contribution in [1.29, 1.82) is 0 Å². The molecular formula is C24H24F3N5O2. The van der Waals surface area contributed by atoms with Gasteiger partial charge in [0.25, 0.3) is 0 Å². The highest BCUT2D eigenvalue weighted by atomic mass is 19.4. The van der Waals surface area contributed by atoms with Crippen LogP contribution in [0.5, 0.6) is 0 Å². The maximum Gasteiger partial charge on any atom is 0.416 e. The Bertz CT molecular complexity index is 1310. The lowest BCUT2D eigenvalue weighted by molar-refractivity contribution is -0.138. The van der Waals surface area contributed by atoms with Crippen LogP contribution in [0, 0.1) is 6.92 Å². The van der Waals surface area contributed by atoms with Crippen molar-refractivity contribution in [3.8, 4) is 11.3 Å². The molecule has 1 aliphatic rings. The zero-order valence-electron chi connectivity index (χ0n) is 18.6. The summed E-state index contributed by atoms with van der Waals surface area (Å²) in [5.41, 5.74) is 4.22. The SMILES string of the molecule is Cc1c(Cc2c(CO)nc3c(-c4ccn[nH]4)cc(N4CCOCC4)cn23)cccc1C(F)(F)F. The summed E-state index contributed by atoms with van der Waals surface area (Å²) >= 11 is 0. The Balaban J connectivity index is 1.69. The maximum absolute atomic E-state index is 13.5. The zero-order valence-corrected chi connectivity index (χ0v) is 18.6. The second-order valence-corrected chi connectivity index (χ2v) is 8.30. The molecule has 1 aromatic carbocycles. The van der Waals surface area contributed by atoms with Gasteiger partial charge in [0.1, 0.15) is 5.65 Å². The average Bonchev–Trinajstić information content (AvgIpc) is 3.48. The first kappa shape index (κ1) is 22.4. The van der Waals surface area contributed by atoms with Gasteiger partial charge in [0.2, 0.25) is 0 Å². The van der Waals surface area contributed by atoms with Crippen LogP contribution >= 0.6 is 0 Å². The molecule has 1 aliphatic heterocycles. The van der Waals surface area contributed by atoms with Crippen molar-refractivity contribution in [2.45, 2.75) is 26.1 Å². The first-order valence-corrected chi connectivity index (χ1v) is 11.0. The zero-order chi connectivity index (χ0) is 23.9. The highest BCUT2D eigenvalue weighted by Gasteiger charge is 2.33. The van der Waals surface area contributed by atoms with E-state index in [0.717, 1.165) is 36.1 Å². The summed E-state index contributed by atoms with van der Waals surface area (Å²) in [5, 5.41) is 17.1. The van der Waals surface area contributed by atoms with Gasteiger partial charge in [-0.05, 0) is 36.2 Å². The number of H-pyrrole nitrogens is 1. The number of fused-ring (bicyclic) bond motifs is 1. The number of anilines is 1. The van der Waals surface area contributed by atoms with Crippen molar-refractivity contribution in [2.24, 2.45) is 0 Å². The van der Waals surface area contributed by atoms with E-state index in [1.165, 1.54) is 13.0 Å². The van der Waals surface area contributed by atoms with E-state index < -0.39 is 11.7 Å². The minimum Gasteiger partial charge on any atom is -0.390 e. The Hall–Kier alpha value is -3.37. The van der Waals surface area contributed by atoms with Crippen LogP contribution in [0.1, 0.15) is 28.1 Å². The van der Waals surface area contributed by atoms with Crippen molar-refractivity contribution in [3.63, 3.8) is 0 Å². The number of pyridine rings is 1. The van der Waals surface area contributed by atoms with Gasteiger partial charge in [-0.3, -0.25) is 5.10 Å². The van der Waals surface area contributed by atoms with Gasteiger partial charge < -0.3 is 19.1 Å². The smallest absolute Gasteiger partial charge is 0.390 e. The first-order chi connectivity index (χ1) is 16.4. The molecule has 4 aromatic rings. The van der Waals surface area contributed by atoms with E-state index in [2.05, 4.69) is 20.1 Å². The molecule has 0 unspecified atom stereocenters. The lowest BCUT2D eigenvalue weighted by Gasteiger charge is -2.29. The van der Waals surface area contributed by atoms with E-state index in [1.54, 1.807) is 12.3 Å². The average molecular weight is 471 g/mol. The van der Waals surface area contributed by atoms with E-state index in [-0.39, 0.29) is 18.6 Å². The van der Waals surface area contributed by atoms with Gasteiger partial charge in [0, 0.05) is 37.5 Å². The number of hydrogen-bond donors (Lipinski definition) is 2. The third kappa shape index (κ3) is 4.03. The topological polar surface area (TPSA) is 78.7 Å². The number of morpholine rings is 1. The van der Waals surface area contributed by atoms with E-state index in [0.29, 0.717) is 35.8 Å². The molecule has 0 atom stereocenters. The quantitative estimate of drug-likeness (QED) is 0.461. The largest absolute Gasteiger partial charge is 0.416 e. The Morgan fingerprint density at radius 3 is 2.65 bits per heavy atom. The third-order valence-corrected chi connectivity index (χ3v) is 6.31. The number of alkyl halides is 3. The Morgan fingerprint density at radius 1 is 1.18 bits per heavy atom. The van der Waals surface area contributed by atoms with Crippen LogP contribution in [0.2, 0.25) is 0 Å². The summed E-state index contributed by atoms with van der Waals surface area (Å²) in [4.78, 5) is 6.87. The molecule has 0 bridgehead atoms. The summed E-state index contributed by atoms with van der Waals surface area (Å²) < 4.78 is 47.8. The van der Waals surface area contributed by atoms with Crippen LogP contribution in [-0.4, -0.2) is 51.0 Å². The number of hydrogen-bond acceptors (Lipinski definition) is 5. The van der Waals surface area contributed by atoms with Gasteiger partial charge in [0.05, 0.1) is 48.2 Å². The van der Waals surface area contributed by atoms with Crippen molar-refractivity contribution in [2.75, 3.05) is 31.2 Å². The molecule has 10 heteroatoms. The van der Waals surface area contributed by atoms with Crippen LogP contribution in [0.4, 0.5) is 18.9 Å². The fraction of sp³-hybridized carbons (Fsp3) is 0.333. The molecule has 0 aliphatic carbocycles. The van der Waals surface area contributed by atoms with E-state index >= 15 is 0 Å². The van der Waals surface area contributed by atoms with Crippen LogP contribution in [0.3, 0.4) is 0 Å². The highest BCUT2D eigenvalue weighted by molar-refractivity contribution is 5.79. The number of aromatic amines is 1. The van der Waals surface area contributed by atoms with E-state index in [4.69, 9.17) is 4.74 Å². The number of ether oxygens (including phenoxy) is 1. The molecule has 0 radical (unpaired) electrons. The molecule has 0 amide bonds. The van der Waals surface area contributed by atoms with Gasteiger partial charge in [-0.25, -0.2) is 4.98 Å².